The first-order chi connectivity index (χ1) is 34.2. The molecule has 71 heavy (non-hydrogen) atoms. The van der Waals surface area contributed by atoms with Gasteiger partial charge in [-0.3, -0.25) is 0 Å². The first-order valence-corrected chi connectivity index (χ1v) is 25.8. The van der Waals surface area contributed by atoms with Crippen LogP contribution in [-0.4, -0.2) is 0 Å². The fourth-order valence-electron chi connectivity index (χ4n) is 12.4. The Labute approximate surface area is 419 Å². The quantitative estimate of drug-likeness (QED) is 0.151. The second-order valence-corrected chi connectivity index (χ2v) is 23.2. The number of fused-ring (bicyclic) bond motifs is 5. The van der Waals surface area contributed by atoms with E-state index in [2.05, 4.69) is 250 Å². The summed E-state index contributed by atoms with van der Waals surface area (Å²) in [6.45, 7) is 18.7. The molecule has 0 nitrogen and oxygen atoms in total. The minimum absolute atomic E-state index is 0.0446. The zero-order chi connectivity index (χ0) is 48.6. The number of rotatable bonds is 5. The molecule has 0 atom stereocenters. The summed E-state index contributed by atoms with van der Waals surface area (Å²) >= 11 is 0. The molecule has 0 fully saturated rings. The summed E-state index contributed by atoms with van der Waals surface area (Å²) in [6, 6.07) is 70.0. The predicted molar refractivity (Wildman–Crippen MR) is 307 cm³/mol. The van der Waals surface area contributed by atoms with Crippen molar-refractivity contribution in [2.75, 3.05) is 0 Å². The maximum atomic E-state index is 2.47. The van der Waals surface area contributed by atoms with Crippen LogP contribution in [0.15, 0.2) is 188 Å². The van der Waals surface area contributed by atoms with E-state index in [1.807, 2.05) is 0 Å². The third-order valence-electron chi connectivity index (χ3n) is 16.4. The topological polar surface area (TPSA) is 0 Å². The smallest absolute Gasteiger partial charge is 0.0159 e. The summed E-state index contributed by atoms with van der Waals surface area (Å²) in [7, 11) is 0. The predicted octanol–water partition coefficient (Wildman–Crippen LogP) is 19.9. The Bertz CT molecular complexity index is 3950. The second kappa shape index (κ2) is 15.7. The van der Waals surface area contributed by atoms with Gasteiger partial charge < -0.3 is 0 Å². The molecule has 2 aliphatic carbocycles. The average molecular weight is 913 g/mol. The first kappa shape index (κ1) is 43.5. The molecule has 13 rings (SSSR count). The zero-order valence-corrected chi connectivity index (χ0v) is 42.4. The van der Waals surface area contributed by atoms with Crippen molar-refractivity contribution >= 4 is 49.2 Å². The minimum atomic E-state index is -0.149. The van der Waals surface area contributed by atoms with Crippen LogP contribution in [0.4, 0.5) is 0 Å². The van der Waals surface area contributed by atoms with Gasteiger partial charge >= 0.3 is 0 Å². The average Bonchev–Trinajstić information content (AvgIpc) is 3.61. The third-order valence-corrected chi connectivity index (χ3v) is 16.4. The van der Waals surface area contributed by atoms with Gasteiger partial charge in [-0.15, -0.1) is 0 Å². The van der Waals surface area contributed by atoms with Gasteiger partial charge in [0.25, 0.3) is 0 Å². The maximum absolute atomic E-state index is 2.47. The van der Waals surface area contributed by atoms with Gasteiger partial charge in [-0.1, -0.05) is 231 Å². The van der Waals surface area contributed by atoms with Gasteiger partial charge in [0.2, 0.25) is 0 Å². The van der Waals surface area contributed by atoms with E-state index >= 15 is 0 Å². The molecule has 0 saturated heterocycles. The van der Waals surface area contributed by atoms with Crippen LogP contribution >= 0.6 is 0 Å². The number of allylic oxidation sites excluding steroid dienone is 1. The summed E-state index contributed by atoms with van der Waals surface area (Å²) in [5, 5.41) is 10.7. The SMILES string of the molecule is CC(C)(C)c1cc2ccc3ccc(-c4ccc(-c5ccc6c(c5)C(C)(C)c5cc(-c7ccc(-c8c9c(c(-c%10ccccc%10)c%10cc(C(C)(C)C)ccc8%10)C=CCC9)cc7)ccc5-6)cc4)c4ccc(c1)c2c34. The molecule has 0 radical (unpaired) electrons. The molecule has 2 aliphatic rings. The van der Waals surface area contributed by atoms with Crippen molar-refractivity contribution < 1.29 is 0 Å². The zero-order valence-electron chi connectivity index (χ0n) is 42.4. The Hall–Kier alpha value is -7.54. The van der Waals surface area contributed by atoms with E-state index in [0.717, 1.165) is 12.8 Å². The molecule has 344 valence electrons. The first-order valence-electron chi connectivity index (χ1n) is 25.8. The van der Waals surface area contributed by atoms with E-state index in [-0.39, 0.29) is 16.2 Å². The highest BCUT2D eigenvalue weighted by Gasteiger charge is 2.36. The minimum Gasteiger partial charge on any atom is -0.0836 e. The van der Waals surface area contributed by atoms with Gasteiger partial charge in [0.05, 0.1) is 0 Å². The van der Waals surface area contributed by atoms with E-state index in [1.54, 1.807) is 0 Å². The van der Waals surface area contributed by atoms with Crippen molar-refractivity contribution in [1.29, 1.82) is 0 Å². The van der Waals surface area contributed by atoms with Gasteiger partial charge in [-0.2, -0.15) is 0 Å². The van der Waals surface area contributed by atoms with Crippen LogP contribution in [0.5, 0.6) is 0 Å². The highest BCUT2D eigenvalue weighted by atomic mass is 14.4. The molecule has 0 heterocycles. The largest absolute Gasteiger partial charge is 0.0836 e. The summed E-state index contributed by atoms with van der Waals surface area (Å²) in [4.78, 5) is 0. The van der Waals surface area contributed by atoms with Crippen molar-refractivity contribution in [3.05, 3.63) is 221 Å². The van der Waals surface area contributed by atoms with E-state index < -0.39 is 0 Å². The number of hydrogen-bond donors (Lipinski definition) is 0. The fraction of sp³-hybridized carbons (Fsp3) is 0.183. The molecule has 0 heteroatoms. The van der Waals surface area contributed by atoms with Crippen LogP contribution in [0.25, 0.3) is 116 Å². The lowest BCUT2D eigenvalue weighted by Gasteiger charge is -2.26. The van der Waals surface area contributed by atoms with Crippen molar-refractivity contribution in [1.82, 2.24) is 0 Å². The Morgan fingerprint density at radius 2 is 0.901 bits per heavy atom. The highest BCUT2D eigenvalue weighted by Crippen LogP contribution is 2.52. The van der Waals surface area contributed by atoms with Crippen LogP contribution in [0.3, 0.4) is 0 Å². The summed E-state index contributed by atoms with van der Waals surface area (Å²) in [6.07, 6.45) is 6.85. The summed E-state index contributed by atoms with van der Waals surface area (Å²) in [5.41, 5.74) is 23.9. The fourth-order valence-corrected chi connectivity index (χ4v) is 12.4. The maximum Gasteiger partial charge on any atom is 0.0159 e. The van der Waals surface area contributed by atoms with Gasteiger partial charge in [0.1, 0.15) is 0 Å². The molecule has 0 aliphatic heterocycles. The molecule has 0 N–H and O–H groups in total. The number of hydrogen-bond acceptors (Lipinski definition) is 0. The normalized spacial score (nSPS) is 14.1. The molecule has 0 unspecified atom stereocenters. The molecular formula is C71H60. The number of benzene rings is 11. The molecule has 0 aromatic heterocycles. The lowest BCUT2D eigenvalue weighted by molar-refractivity contribution is 0.591. The molecular weight excluding hydrogens is 853 g/mol. The van der Waals surface area contributed by atoms with E-state index in [9.17, 15) is 0 Å². The highest BCUT2D eigenvalue weighted by molar-refractivity contribution is 6.25. The Morgan fingerprint density at radius 3 is 1.54 bits per heavy atom. The van der Waals surface area contributed by atoms with Crippen LogP contribution < -0.4 is 0 Å². The lowest BCUT2D eigenvalue weighted by Crippen LogP contribution is -2.15. The molecule has 0 bridgehead atoms. The van der Waals surface area contributed by atoms with E-state index in [0.29, 0.717) is 0 Å². The third kappa shape index (κ3) is 6.93. The molecule has 11 aromatic rings. The monoisotopic (exact) mass is 912 g/mol. The van der Waals surface area contributed by atoms with E-state index in [4.69, 9.17) is 0 Å². The summed E-state index contributed by atoms with van der Waals surface area (Å²) < 4.78 is 0. The van der Waals surface area contributed by atoms with Gasteiger partial charge in [0.15, 0.2) is 0 Å². The van der Waals surface area contributed by atoms with Crippen LogP contribution in [0, 0.1) is 0 Å². The lowest BCUT2D eigenvalue weighted by atomic mass is 9.78. The summed E-state index contributed by atoms with van der Waals surface area (Å²) in [5.74, 6) is 0. The van der Waals surface area contributed by atoms with Gasteiger partial charge in [-0.25, -0.2) is 0 Å². The van der Waals surface area contributed by atoms with Crippen LogP contribution in [-0.2, 0) is 22.7 Å². The molecule has 0 spiro atoms. The Morgan fingerprint density at radius 1 is 0.380 bits per heavy atom. The van der Waals surface area contributed by atoms with Crippen LogP contribution in [0.1, 0.15) is 95.2 Å². The second-order valence-electron chi connectivity index (χ2n) is 23.2. The van der Waals surface area contributed by atoms with Crippen molar-refractivity contribution in [2.45, 2.75) is 84.5 Å². The Balaban J connectivity index is 0.817. The van der Waals surface area contributed by atoms with Gasteiger partial charge in [0, 0.05) is 5.41 Å². The van der Waals surface area contributed by atoms with Gasteiger partial charge in [-0.05, 0) is 185 Å². The molecule has 0 saturated carbocycles. The van der Waals surface area contributed by atoms with Crippen molar-refractivity contribution in [3.8, 4) is 66.8 Å². The van der Waals surface area contributed by atoms with Crippen molar-refractivity contribution in [2.24, 2.45) is 0 Å². The van der Waals surface area contributed by atoms with Crippen molar-refractivity contribution in [3.63, 3.8) is 0 Å². The van der Waals surface area contributed by atoms with Crippen LogP contribution in [0.2, 0.25) is 0 Å². The standard InChI is InChI=1S/C71H60/c1-69(2,3)53-32-37-61-62(42-53)67(46-14-10-9-11-15-46)59-17-13-12-16-58(59)66(61)47-24-20-44(21-25-47)50-30-35-57-56-34-29-49(40-63(56)71(7,8)64(57)41-50)43-18-22-45(23-19-43)55-33-28-48-26-27-51-38-54(70(4,5)6)39-52-31-36-60(55)68(48)65(51)52/h9-11,13-15,17-42H,12,16H2,1-8H3. The molecule has 0 amide bonds. The Kier molecular flexibility index (Phi) is 9.63. The molecule has 11 aromatic carbocycles. The van der Waals surface area contributed by atoms with E-state index in [1.165, 1.54) is 143 Å².